The van der Waals surface area contributed by atoms with Crippen molar-refractivity contribution in [2.75, 3.05) is 12.3 Å². The normalized spacial score (nSPS) is 10.5. The Labute approximate surface area is 129 Å². The molecule has 2 rings (SSSR count). The molecule has 0 aliphatic heterocycles. The lowest BCUT2D eigenvalue weighted by atomic mass is 10.1. The van der Waals surface area contributed by atoms with Gasteiger partial charge in [-0.05, 0) is 39.0 Å². The Balaban J connectivity index is 2.38. The molecule has 0 radical (unpaired) electrons. The number of nitrogens with two attached hydrogens (primary N) is 1. The number of hydrogen-bond donors (Lipinski definition) is 1. The molecule has 0 saturated carbocycles. The van der Waals surface area contributed by atoms with Gasteiger partial charge >= 0.3 is 5.97 Å². The quantitative estimate of drug-likeness (QED) is 0.854. The molecule has 2 N–H and O–H groups in total. The predicted octanol–water partition coefficient (Wildman–Crippen LogP) is 2.69. The number of aromatic nitrogens is 2. The minimum atomic E-state index is -0.521. The SMILES string of the molecule is CCOC(=O)c1cc(-c2cccc(OC(C)C)c2)nc(N)n1. The first-order valence-corrected chi connectivity index (χ1v) is 7.08. The summed E-state index contributed by atoms with van der Waals surface area (Å²) in [5, 5.41) is 0. The topological polar surface area (TPSA) is 87.3 Å². The van der Waals surface area contributed by atoms with Crippen molar-refractivity contribution in [3.05, 3.63) is 36.0 Å². The van der Waals surface area contributed by atoms with E-state index in [0.717, 1.165) is 11.3 Å². The van der Waals surface area contributed by atoms with Gasteiger partial charge in [-0.3, -0.25) is 0 Å². The van der Waals surface area contributed by atoms with E-state index in [-0.39, 0.29) is 24.4 Å². The lowest BCUT2D eigenvalue weighted by Gasteiger charge is -2.11. The molecule has 1 aromatic heterocycles. The molecule has 1 heterocycles. The van der Waals surface area contributed by atoms with E-state index in [1.807, 2.05) is 38.1 Å². The van der Waals surface area contributed by atoms with Gasteiger partial charge in [0.05, 0.1) is 18.4 Å². The van der Waals surface area contributed by atoms with Crippen molar-refractivity contribution >= 4 is 11.9 Å². The molecule has 116 valence electrons. The summed E-state index contributed by atoms with van der Waals surface area (Å²) < 4.78 is 10.6. The van der Waals surface area contributed by atoms with E-state index in [4.69, 9.17) is 15.2 Å². The molecule has 0 spiro atoms. The molecule has 0 atom stereocenters. The molecule has 6 heteroatoms. The van der Waals surface area contributed by atoms with E-state index >= 15 is 0 Å². The van der Waals surface area contributed by atoms with Crippen LogP contribution in [0.4, 0.5) is 5.95 Å². The summed E-state index contributed by atoms with van der Waals surface area (Å²) in [7, 11) is 0. The predicted molar refractivity (Wildman–Crippen MR) is 83.6 cm³/mol. The van der Waals surface area contributed by atoms with E-state index in [2.05, 4.69) is 9.97 Å². The Morgan fingerprint density at radius 3 is 2.73 bits per heavy atom. The summed E-state index contributed by atoms with van der Waals surface area (Å²) in [5.41, 5.74) is 7.16. The maximum atomic E-state index is 11.8. The fraction of sp³-hybridized carbons (Fsp3) is 0.312. The zero-order chi connectivity index (χ0) is 16.1. The third-order valence-electron chi connectivity index (χ3n) is 2.73. The van der Waals surface area contributed by atoms with Crippen molar-refractivity contribution < 1.29 is 14.3 Å². The largest absolute Gasteiger partial charge is 0.491 e. The van der Waals surface area contributed by atoms with Crippen LogP contribution in [0.1, 0.15) is 31.3 Å². The van der Waals surface area contributed by atoms with Crippen LogP contribution in [0.2, 0.25) is 0 Å². The van der Waals surface area contributed by atoms with E-state index in [1.54, 1.807) is 13.0 Å². The van der Waals surface area contributed by atoms with Crippen molar-refractivity contribution in [1.29, 1.82) is 0 Å². The number of anilines is 1. The monoisotopic (exact) mass is 301 g/mol. The zero-order valence-electron chi connectivity index (χ0n) is 12.9. The van der Waals surface area contributed by atoms with E-state index in [9.17, 15) is 4.79 Å². The van der Waals surface area contributed by atoms with Gasteiger partial charge in [0.25, 0.3) is 0 Å². The lowest BCUT2D eigenvalue weighted by Crippen LogP contribution is -2.10. The highest BCUT2D eigenvalue weighted by Crippen LogP contribution is 2.24. The highest BCUT2D eigenvalue weighted by Gasteiger charge is 2.13. The average Bonchev–Trinajstić information content (AvgIpc) is 2.46. The van der Waals surface area contributed by atoms with Crippen LogP contribution in [-0.4, -0.2) is 28.6 Å². The molecule has 0 amide bonds. The minimum absolute atomic E-state index is 0.0238. The summed E-state index contributed by atoms with van der Waals surface area (Å²) in [5.74, 6) is 0.227. The molecular formula is C16H19N3O3. The molecule has 0 aliphatic rings. The second kappa shape index (κ2) is 6.89. The van der Waals surface area contributed by atoms with Crippen molar-refractivity contribution in [3.8, 4) is 17.0 Å². The smallest absolute Gasteiger partial charge is 0.357 e. The number of carbonyl (C=O) groups is 1. The average molecular weight is 301 g/mol. The van der Waals surface area contributed by atoms with Gasteiger partial charge < -0.3 is 15.2 Å². The maximum absolute atomic E-state index is 11.8. The highest BCUT2D eigenvalue weighted by molar-refractivity contribution is 5.88. The number of nitrogens with zero attached hydrogens (tertiary/aromatic N) is 2. The molecule has 0 saturated heterocycles. The first kappa shape index (κ1) is 15.8. The fourth-order valence-electron chi connectivity index (χ4n) is 1.92. The fourth-order valence-corrected chi connectivity index (χ4v) is 1.92. The zero-order valence-corrected chi connectivity index (χ0v) is 12.9. The number of rotatable bonds is 5. The van der Waals surface area contributed by atoms with Gasteiger partial charge in [-0.1, -0.05) is 12.1 Å². The molecule has 0 fully saturated rings. The number of esters is 1. The Hall–Kier alpha value is -2.63. The Morgan fingerprint density at radius 1 is 1.27 bits per heavy atom. The van der Waals surface area contributed by atoms with E-state index in [0.29, 0.717) is 5.69 Å². The first-order valence-electron chi connectivity index (χ1n) is 7.08. The summed E-state index contributed by atoms with van der Waals surface area (Å²) in [6.45, 7) is 5.91. The minimum Gasteiger partial charge on any atom is -0.491 e. The molecule has 0 bridgehead atoms. The second-order valence-electron chi connectivity index (χ2n) is 4.91. The summed E-state index contributed by atoms with van der Waals surface area (Å²) in [6, 6.07) is 8.99. The van der Waals surface area contributed by atoms with E-state index < -0.39 is 5.97 Å². The molecule has 0 aliphatic carbocycles. The maximum Gasteiger partial charge on any atom is 0.357 e. The van der Waals surface area contributed by atoms with Gasteiger partial charge in [0.2, 0.25) is 5.95 Å². The molecule has 6 nitrogen and oxygen atoms in total. The van der Waals surface area contributed by atoms with Crippen molar-refractivity contribution in [1.82, 2.24) is 9.97 Å². The van der Waals surface area contributed by atoms with Crippen LogP contribution >= 0.6 is 0 Å². The van der Waals surface area contributed by atoms with Gasteiger partial charge in [-0.25, -0.2) is 14.8 Å². The van der Waals surface area contributed by atoms with Crippen LogP contribution in [0, 0.1) is 0 Å². The molecular weight excluding hydrogens is 282 g/mol. The molecule has 1 aromatic carbocycles. The Bertz CT molecular complexity index is 671. The Morgan fingerprint density at radius 2 is 2.05 bits per heavy atom. The number of hydrogen-bond acceptors (Lipinski definition) is 6. The Kier molecular flexibility index (Phi) is 4.93. The van der Waals surface area contributed by atoms with Gasteiger partial charge in [-0.2, -0.15) is 0 Å². The number of ether oxygens (including phenoxy) is 2. The first-order chi connectivity index (χ1) is 10.5. The molecule has 0 unspecified atom stereocenters. The summed E-state index contributed by atoms with van der Waals surface area (Å²) in [6.07, 6.45) is 0.0702. The second-order valence-corrected chi connectivity index (χ2v) is 4.91. The number of carbonyl (C=O) groups excluding carboxylic acids is 1. The standard InChI is InChI=1S/C16H19N3O3/c1-4-21-15(20)14-9-13(18-16(17)19-14)11-6-5-7-12(8-11)22-10(2)3/h5-10H,4H2,1-3H3,(H2,17,18,19). The van der Waals surface area contributed by atoms with Crippen LogP contribution in [-0.2, 0) is 4.74 Å². The van der Waals surface area contributed by atoms with Crippen LogP contribution in [0.3, 0.4) is 0 Å². The summed E-state index contributed by atoms with van der Waals surface area (Å²) in [4.78, 5) is 19.9. The van der Waals surface area contributed by atoms with Gasteiger partial charge in [0, 0.05) is 5.56 Å². The lowest BCUT2D eigenvalue weighted by molar-refractivity contribution is 0.0519. The molecule has 2 aromatic rings. The van der Waals surface area contributed by atoms with Crippen molar-refractivity contribution in [2.45, 2.75) is 26.9 Å². The van der Waals surface area contributed by atoms with Gasteiger partial charge in [0.15, 0.2) is 5.69 Å². The highest BCUT2D eigenvalue weighted by atomic mass is 16.5. The van der Waals surface area contributed by atoms with Crippen molar-refractivity contribution in [3.63, 3.8) is 0 Å². The van der Waals surface area contributed by atoms with Crippen LogP contribution in [0.5, 0.6) is 5.75 Å². The number of benzene rings is 1. The van der Waals surface area contributed by atoms with Crippen molar-refractivity contribution in [2.24, 2.45) is 0 Å². The van der Waals surface area contributed by atoms with E-state index in [1.165, 1.54) is 0 Å². The van der Waals surface area contributed by atoms with Crippen LogP contribution in [0.25, 0.3) is 11.3 Å². The van der Waals surface area contributed by atoms with Crippen LogP contribution < -0.4 is 10.5 Å². The number of nitrogen functional groups attached to an aromatic ring is 1. The van der Waals surface area contributed by atoms with Gasteiger partial charge in [-0.15, -0.1) is 0 Å². The van der Waals surface area contributed by atoms with Gasteiger partial charge in [0.1, 0.15) is 5.75 Å². The summed E-state index contributed by atoms with van der Waals surface area (Å²) >= 11 is 0. The third-order valence-corrected chi connectivity index (χ3v) is 2.73. The molecule has 22 heavy (non-hydrogen) atoms. The van der Waals surface area contributed by atoms with Crippen LogP contribution in [0.15, 0.2) is 30.3 Å². The third kappa shape index (κ3) is 3.94.